The van der Waals surface area contributed by atoms with Crippen LogP contribution in [-0.4, -0.2) is 36.8 Å². The van der Waals surface area contributed by atoms with Gasteiger partial charge in [-0.1, -0.05) is 33.3 Å². The summed E-state index contributed by atoms with van der Waals surface area (Å²) >= 11 is 0. The Balaban J connectivity index is 1.29. The van der Waals surface area contributed by atoms with E-state index in [0.29, 0.717) is 5.41 Å². The van der Waals surface area contributed by atoms with Crippen LogP contribution in [0.2, 0.25) is 0 Å². The van der Waals surface area contributed by atoms with E-state index < -0.39 is 0 Å². The summed E-state index contributed by atoms with van der Waals surface area (Å²) in [6.07, 6.45) is 11.9. The van der Waals surface area contributed by atoms with Gasteiger partial charge in [0.25, 0.3) is 0 Å². The summed E-state index contributed by atoms with van der Waals surface area (Å²) in [6.45, 7) is 16.0. The SMILES string of the molecule is C=C1C=C(N2CCCCCC2)C=CC1=Nc1ccc(N2CC3C(C2)C3(C)C)cc1C. The highest BCUT2D eigenvalue weighted by Gasteiger charge is 2.61. The molecule has 2 aliphatic carbocycles. The Bertz CT molecular complexity index is 927. The van der Waals surface area contributed by atoms with Gasteiger partial charge in [-0.25, -0.2) is 4.99 Å². The minimum absolute atomic E-state index is 0.560. The molecule has 1 aromatic carbocycles. The van der Waals surface area contributed by atoms with Gasteiger partial charge in [-0.15, -0.1) is 0 Å². The third-order valence-corrected chi connectivity index (χ3v) is 7.94. The van der Waals surface area contributed by atoms with E-state index >= 15 is 0 Å². The summed E-state index contributed by atoms with van der Waals surface area (Å²) in [5.74, 6) is 1.75. The molecule has 2 unspecified atom stereocenters. The number of aryl methyl sites for hydroxylation is 1. The summed E-state index contributed by atoms with van der Waals surface area (Å²) in [6, 6.07) is 6.74. The predicted molar refractivity (Wildman–Crippen MR) is 128 cm³/mol. The van der Waals surface area contributed by atoms with Crippen molar-refractivity contribution in [3.8, 4) is 0 Å². The van der Waals surface area contributed by atoms with Crippen LogP contribution >= 0.6 is 0 Å². The second-order valence-corrected chi connectivity index (χ2v) is 10.2. The molecule has 3 fully saturated rings. The Labute approximate surface area is 181 Å². The van der Waals surface area contributed by atoms with Crippen molar-refractivity contribution in [2.45, 2.75) is 46.5 Å². The molecule has 0 N–H and O–H groups in total. The molecule has 1 saturated carbocycles. The van der Waals surface area contributed by atoms with Crippen LogP contribution in [0, 0.1) is 24.2 Å². The Kier molecular flexibility index (Phi) is 4.88. The first-order valence-electron chi connectivity index (χ1n) is 11.7. The molecular weight excluding hydrogens is 366 g/mol. The zero-order valence-electron chi connectivity index (χ0n) is 18.8. The van der Waals surface area contributed by atoms with Gasteiger partial charge in [0, 0.05) is 37.6 Å². The minimum atomic E-state index is 0.560. The first kappa shape index (κ1) is 19.7. The highest BCUT2D eigenvalue weighted by atomic mass is 15.2. The van der Waals surface area contributed by atoms with E-state index in [0.717, 1.165) is 41.9 Å². The van der Waals surface area contributed by atoms with Crippen LogP contribution in [0.15, 0.2) is 59.3 Å². The predicted octanol–water partition coefficient (Wildman–Crippen LogP) is 6.05. The average Bonchev–Trinajstić information content (AvgIpc) is 3.05. The second-order valence-electron chi connectivity index (χ2n) is 10.2. The van der Waals surface area contributed by atoms with E-state index in [1.807, 2.05) is 0 Å². The first-order chi connectivity index (χ1) is 14.4. The number of nitrogens with zero attached hydrogens (tertiary/aromatic N) is 3. The number of anilines is 1. The second kappa shape index (κ2) is 7.44. The summed E-state index contributed by atoms with van der Waals surface area (Å²) in [4.78, 5) is 10.0. The molecule has 0 bridgehead atoms. The van der Waals surface area contributed by atoms with Gasteiger partial charge in [0.2, 0.25) is 0 Å². The fourth-order valence-electron chi connectivity index (χ4n) is 5.64. The van der Waals surface area contributed by atoms with Gasteiger partial charge in [0.15, 0.2) is 0 Å². The lowest BCUT2D eigenvalue weighted by Gasteiger charge is -2.26. The Morgan fingerprint density at radius 2 is 1.67 bits per heavy atom. The highest BCUT2D eigenvalue weighted by Crippen LogP contribution is 2.62. The zero-order chi connectivity index (χ0) is 20.9. The number of piperidine rings is 1. The molecule has 5 rings (SSSR count). The van der Waals surface area contributed by atoms with E-state index in [-0.39, 0.29) is 0 Å². The molecular formula is C27H35N3. The molecule has 2 aliphatic heterocycles. The maximum absolute atomic E-state index is 4.96. The van der Waals surface area contributed by atoms with E-state index in [9.17, 15) is 0 Å². The molecule has 30 heavy (non-hydrogen) atoms. The lowest BCUT2D eigenvalue weighted by atomic mass is 10.0. The quantitative estimate of drug-likeness (QED) is 0.614. The molecule has 2 atom stereocenters. The number of aliphatic imine (C=N–C) groups is 1. The number of fused-ring (bicyclic) bond motifs is 1. The molecule has 4 aliphatic rings. The normalized spacial score (nSPS) is 29.1. The van der Waals surface area contributed by atoms with Gasteiger partial charge in [-0.05, 0) is 84.6 Å². The monoisotopic (exact) mass is 401 g/mol. The number of hydrogen-bond donors (Lipinski definition) is 0. The molecule has 0 amide bonds. The first-order valence-corrected chi connectivity index (χ1v) is 11.7. The largest absolute Gasteiger partial charge is 0.372 e. The molecule has 3 heteroatoms. The lowest BCUT2D eigenvalue weighted by molar-refractivity contribution is 0.369. The van der Waals surface area contributed by atoms with Crippen LogP contribution in [0.3, 0.4) is 0 Å². The number of rotatable bonds is 3. The molecule has 3 nitrogen and oxygen atoms in total. The maximum atomic E-state index is 4.96. The third kappa shape index (κ3) is 3.53. The summed E-state index contributed by atoms with van der Waals surface area (Å²) in [5.41, 5.74) is 7.49. The van der Waals surface area contributed by atoms with Gasteiger partial charge in [-0.3, -0.25) is 0 Å². The van der Waals surface area contributed by atoms with Crippen molar-refractivity contribution in [2.24, 2.45) is 22.2 Å². The van der Waals surface area contributed by atoms with E-state index in [4.69, 9.17) is 4.99 Å². The standard InChI is InChI=1S/C27H35N3/c1-19-15-21(29-13-7-5-6-8-14-29)9-11-25(19)28-26-12-10-22(16-20(26)2)30-17-23-24(18-30)27(23,3)4/h9-12,15-16,23-24H,1,5-8,13-14,17-18H2,2-4H3. The van der Waals surface area contributed by atoms with Crippen LogP contribution in [0.25, 0.3) is 0 Å². The van der Waals surface area contributed by atoms with E-state index in [1.54, 1.807) is 0 Å². The summed E-state index contributed by atoms with van der Waals surface area (Å²) in [5, 5.41) is 0. The highest BCUT2D eigenvalue weighted by molar-refractivity contribution is 6.12. The molecule has 1 aromatic rings. The van der Waals surface area contributed by atoms with Gasteiger partial charge >= 0.3 is 0 Å². The van der Waals surface area contributed by atoms with E-state index in [2.05, 4.69) is 73.6 Å². The Morgan fingerprint density at radius 1 is 0.967 bits per heavy atom. The van der Waals surface area contributed by atoms with Gasteiger partial charge < -0.3 is 9.80 Å². The number of hydrogen-bond acceptors (Lipinski definition) is 3. The van der Waals surface area contributed by atoms with Crippen LogP contribution in [0.5, 0.6) is 0 Å². The van der Waals surface area contributed by atoms with Crippen molar-refractivity contribution in [2.75, 3.05) is 31.1 Å². The van der Waals surface area contributed by atoms with Crippen molar-refractivity contribution >= 4 is 17.1 Å². The van der Waals surface area contributed by atoms with Crippen molar-refractivity contribution in [3.63, 3.8) is 0 Å². The summed E-state index contributed by atoms with van der Waals surface area (Å²) < 4.78 is 0. The van der Waals surface area contributed by atoms with Gasteiger partial charge in [0.05, 0.1) is 11.4 Å². The number of benzene rings is 1. The lowest BCUT2D eigenvalue weighted by Crippen LogP contribution is -2.26. The van der Waals surface area contributed by atoms with Gasteiger partial charge in [0.1, 0.15) is 0 Å². The van der Waals surface area contributed by atoms with Crippen LogP contribution in [0.1, 0.15) is 45.1 Å². The number of allylic oxidation sites excluding steroid dienone is 4. The van der Waals surface area contributed by atoms with Crippen molar-refractivity contribution in [3.05, 3.63) is 59.8 Å². The summed E-state index contributed by atoms with van der Waals surface area (Å²) in [7, 11) is 0. The van der Waals surface area contributed by atoms with Crippen LogP contribution in [0.4, 0.5) is 11.4 Å². The Morgan fingerprint density at radius 3 is 2.30 bits per heavy atom. The fraction of sp³-hybridized carbons (Fsp3) is 0.519. The van der Waals surface area contributed by atoms with Crippen molar-refractivity contribution < 1.29 is 0 Å². The maximum Gasteiger partial charge on any atom is 0.0704 e. The molecule has 158 valence electrons. The topological polar surface area (TPSA) is 18.8 Å². The van der Waals surface area contributed by atoms with Crippen molar-refractivity contribution in [1.82, 2.24) is 4.90 Å². The smallest absolute Gasteiger partial charge is 0.0704 e. The average molecular weight is 402 g/mol. The third-order valence-electron chi connectivity index (χ3n) is 7.94. The molecule has 0 radical (unpaired) electrons. The van der Waals surface area contributed by atoms with Crippen LogP contribution < -0.4 is 4.90 Å². The molecule has 2 heterocycles. The fourth-order valence-corrected chi connectivity index (χ4v) is 5.64. The minimum Gasteiger partial charge on any atom is -0.372 e. The molecule has 2 saturated heterocycles. The zero-order valence-corrected chi connectivity index (χ0v) is 18.8. The van der Waals surface area contributed by atoms with Crippen molar-refractivity contribution in [1.29, 1.82) is 0 Å². The van der Waals surface area contributed by atoms with E-state index in [1.165, 1.54) is 55.7 Å². The van der Waals surface area contributed by atoms with Gasteiger partial charge in [-0.2, -0.15) is 0 Å². The molecule has 0 aromatic heterocycles. The van der Waals surface area contributed by atoms with Crippen LogP contribution in [-0.2, 0) is 0 Å². The Hall–Kier alpha value is -2.29. The number of likely N-dealkylation sites (tertiary alicyclic amines) is 1. The molecule has 0 spiro atoms.